The minimum Gasteiger partial charge on any atom is -0.507 e. The molecular formula is C24H31N4O5+. The van der Waals surface area contributed by atoms with Gasteiger partial charge in [0.05, 0.1) is 44.9 Å². The summed E-state index contributed by atoms with van der Waals surface area (Å²) in [5.41, 5.74) is 2.07. The molecule has 0 saturated carbocycles. The van der Waals surface area contributed by atoms with Crippen molar-refractivity contribution in [2.45, 2.75) is 33.7 Å². The monoisotopic (exact) mass is 455 g/mol. The first-order valence-electron chi connectivity index (χ1n) is 11.1. The van der Waals surface area contributed by atoms with E-state index < -0.39 is 23.7 Å². The van der Waals surface area contributed by atoms with Gasteiger partial charge in [-0.15, -0.1) is 0 Å². The van der Waals surface area contributed by atoms with Crippen molar-refractivity contribution in [3.8, 4) is 0 Å². The van der Waals surface area contributed by atoms with Gasteiger partial charge in [-0.1, -0.05) is 6.07 Å². The second kappa shape index (κ2) is 9.99. The number of hydrogen-bond acceptors (Lipinski definition) is 6. The Bertz CT molecular complexity index is 1090. The number of aryl methyl sites for hydroxylation is 1. The maximum atomic E-state index is 13.2. The third-order valence-electron chi connectivity index (χ3n) is 6.31. The molecule has 33 heavy (non-hydrogen) atoms. The van der Waals surface area contributed by atoms with E-state index in [0.717, 1.165) is 13.1 Å². The number of carbonyl (C=O) groups excluding carboxylic acids is 3. The Hall–Kier alpha value is -3.46. The fourth-order valence-corrected chi connectivity index (χ4v) is 4.42. The molecule has 2 aromatic heterocycles. The molecule has 0 spiro atoms. The zero-order valence-corrected chi connectivity index (χ0v) is 19.7. The summed E-state index contributed by atoms with van der Waals surface area (Å²) in [6, 6.07) is 2.74. The molecule has 0 aliphatic carbocycles. The van der Waals surface area contributed by atoms with Crippen molar-refractivity contribution in [2.75, 3.05) is 33.3 Å². The standard InChI is InChI=1S/C24H30N4O5/c1-6-27(7-2)11-12-28-20(16-9-8-10-25-13-16)18(22(30)23(28)31)21(29)17-14(3)19(24(32)33-5)26-15(17)4/h8-10,13,20,26,29H,6-7,11-12H2,1-5H3/p+1/b21-18-/t20-/m0/s1. The molecule has 1 saturated heterocycles. The molecule has 0 bridgehead atoms. The molecule has 3 rings (SSSR count). The van der Waals surface area contributed by atoms with Crippen LogP contribution in [0.3, 0.4) is 0 Å². The number of Topliss-reactive ketones (excluding diaryl/α,β-unsaturated/α-hetero) is 1. The van der Waals surface area contributed by atoms with Crippen LogP contribution in [0.5, 0.6) is 0 Å². The molecule has 1 aliphatic heterocycles. The number of esters is 1. The van der Waals surface area contributed by atoms with Crippen LogP contribution >= 0.6 is 0 Å². The average Bonchev–Trinajstić information content (AvgIpc) is 3.26. The molecule has 1 atom stereocenters. The SMILES string of the molecule is CC[NH+](CC)CCN1C(=O)C(=O)/C(=C(\O)c2c(C)[nH]c(C(=O)OC)c2C)[C@@H]1c1cccnc1. The predicted octanol–water partition coefficient (Wildman–Crippen LogP) is 1.16. The van der Waals surface area contributed by atoms with Gasteiger partial charge in [0.15, 0.2) is 0 Å². The molecule has 176 valence electrons. The lowest BCUT2D eigenvalue weighted by Gasteiger charge is -2.26. The number of quaternary nitrogens is 1. The highest BCUT2D eigenvalue weighted by atomic mass is 16.5. The van der Waals surface area contributed by atoms with Crippen LogP contribution in [0.2, 0.25) is 0 Å². The molecule has 1 aliphatic rings. The Labute approximate surface area is 193 Å². The second-order valence-electron chi connectivity index (χ2n) is 8.10. The van der Waals surface area contributed by atoms with Gasteiger partial charge in [0.25, 0.3) is 11.7 Å². The summed E-state index contributed by atoms with van der Waals surface area (Å²) < 4.78 is 4.80. The van der Waals surface area contributed by atoms with Gasteiger partial charge in [0.1, 0.15) is 11.5 Å². The molecule has 9 nitrogen and oxygen atoms in total. The van der Waals surface area contributed by atoms with Gasteiger partial charge in [-0.3, -0.25) is 14.6 Å². The van der Waals surface area contributed by atoms with Crippen LogP contribution in [0.15, 0.2) is 30.1 Å². The van der Waals surface area contributed by atoms with Gasteiger partial charge in [-0.2, -0.15) is 0 Å². The number of aliphatic hydroxyl groups is 1. The number of rotatable bonds is 8. The third-order valence-corrected chi connectivity index (χ3v) is 6.31. The maximum Gasteiger partial charge on any atom is 0.354 e. The number of nitrogens with zero attached hydrogens (tertiary/aromatic N) is 2. The normalized spacial score (nSPS) is 17.8. The largest absolute Gasteiger partial charge is 0.507 e. The zero-order valence-electron chi connectivity index (χ0n) is 19.7. The van der Waals surface area contributed by atoms with Crippen molar-refractivity contribution in [1.82, 2.24) is 14.9 Å². The summed E-state index contributed by atoms with van der Waals surface area (Å²) in [4.78, 5) is 48.2. The van der Waals surface area contributed by atoms with Crippen LogP contribution in [-0.2, 0) is 14.3 Å². The van der Waals surface area contributed by atoms with E-state index in [-0.39, 0.29) is 17.0 Å². The van der Waals surface area contributed by atoms with Crippen molar-refractivity contribution in [3.63, 3.8) is 0 Å². The summed E-state index contributed by atoms with van der Waals surface area (Å²) in [6.45, 7) is 10.3. The van der Waals surface area contributed by atoms with Gasteiger partial charge >= 0.3 is 5.97 Å². The number of aliphatic hydroxyl groups excluding tert-OH is 1. The molecule has 3 N–H and O–H groups in total. The quantitative estimate of drug-likeness (QED) is 0.238. The van der Waals surface area contributed by atoms with Gasteiger partial charge < -0.3 is 24.6 Å². The average molecular weight is 456 g/mol. The Balaban J connectivity index is 2.16. The van der Waals surface area contributed by atoms with Gasteiger partial charge in [-0.25, -0.2) is 4.79 Å². The number of nitrogens with one attached hydrogen (secondary N) is 2. The van der Waals surface area contributed by atoms with E-state index in [0.29, 0.717) is 35.5 Å². The molecule has 2 aromatic rings. The number of aromatic amines is 1. The predicted molar refractivity (Wildman–Crippen MR) is 122 cm³/mol. The van der Waals surface area contributed by atoms with E-state index in [1.54, 1.807) is 38.4 Å². The number of methoxy groups -OCH3 is 1. The lowest BCUT2D eigenvalue weighted by molar-refractivity contribution is -0.895. The minimum absolute atomic E-state index is 0.0100. The number of ether oxygens (including phenoxy) is 1. The van der Waals surface area contributed by atoms with Crippen molar-refractivity contribution < 1.29 is 29.1 Å². The van der Waals surface area contributed by atoms with E-state index in [1.807, 2.05) is 0 Å². The Morgan fingerprint density at radius 2 is 1.97 bits per heavy atom. The maximum absolute atomic E-state index is 13.2. The summed E-state index contributed by atoms with van der Waals surface area (Å²) in [7, 11) is 1.27. The highest BCUT2D eigenvalue weighted by Crippen LogP contribution is 2.40. The van der Waals surface area contributed by atoms with E-state index in [4.69, 9.17) is 4.74 Å². The van der Waals surface area contributed by atoms with Crippen LogP contribution in [-0.4, -0.2) is 70.9 Å². The van der Waals surface area contributed by atoms with Crippen molar-refractivity contribution in [2.24, 2.45) is 0 Å². The van der Waals surface area contributed by atoms with Gasteiger partial charge in [0, 0.05) is 23.7 Å². The van der Waals surface area contributed by atoms with E-state index in [9.17, 15) is 19.5 Å². The fourth-order valence-electron chi connectivity index (χ4n) is 4.42. The highest BCUT2D eigenvalue weighted by molar-refractivity contribution is 6.46. The molecule has 3 heterocycles. The van der Waals surface area contributed by atoms with Crippen LogP contribution < -0.4 is 4.90 Å². The number of H-pyrrole nitrogens is 1. The summed E-state index contributed by atoms with van der Waals surface area (Å²) in [5, 5.41) is 11.3. The summed E-state index contributed by atoms with van der Waals surface area (Å²) in [6.07, 6.45) is 3.20. The number of hydrogen-bond donors (Lipinski definition) is 3. The summed E-state index contributed by atoms with van der Waals surface area (Å²) in [5.74, 6) is -2.31. The van der Waals surface area contributed by atoms with Crippen LogP contribution in [0.25, 0.3) is 5.76 Å². The molecule has 0 radical (unpaired) electrons. The molecule has 9 heteroatoms. The van der Waals surface area contributed by atoms with E-state index in [2.05, 4.69) is 23.8 Å². The number of pyridine rings is 1. The first kappa shape index (κ1) is 24.2. The number of likely N-dealkylation sites (N-methyl/N-ethyl adjacent to an activating group) is 1. The zero-order chi connectivity index (χ0) is 24.3. The summed E-state index contributed by atoms with van der Waals surface area (Å²) >= 11 is 0. The van der Waals surface area contributed by atoms with Crippen molar-refractivity contribution in [3.05, 3.63) is 58.2 Å². The Morgan fingerprint density at radius 3 is 2.55 bits per heavy atom. The number of aromatic nitrogens is 2. The first-order chi connectivity index (χ1) is 15.8. The molecule has 1 amide bonds. The second-order valence-corrected chi connectivity index (χ2v) is 8.10. The molecule has 0 unspecified atom stereocenters. The molecule has 1 fully saturated rings. The Morgan fingerprint density at radius 1 is 1.27 bits per heavy atom. The van der Waals surface area contributed by atoms with E-state index >= 15 is 0 Å². The van der Waals surface area contributed by atoms with Gasteiger partial charge in [-0.05, 0) is 44.9 Å². The molecular weight excluding hydrogens is 424 g/mol. The number of likely N-dealkylation sites (tertiary alicyclic amines) is 1. The molecule has 0 aromatic carbocycles. The van der Waals surface area contributed by atoms with Gasteiger partial charge in [0.2, 0.25) is 0 Å². The van der Waals surface area contributed by atoms with Crippen molar-refractivity contribution in [1.29, 1.82) is 0 Å². The van der Waals surface area contributed by atoms with Crippen LogP contribution in [0, 0.1) is 13.8 Å². The smallest absolute Gasteiger partial charge is 0.354 e. The van der Waals surface area contributed by atoms with E-state index in [1.165, 1.54) is 16.9 Å². The fraction of sp³-hybridized carbons (Fsp3) is 0.417. The first-order valence-corrected chi connectivity index (χ1v) is 11.1. The Kier molecular flexibility index (Phi) is 7.33. The third kappa shape index (κ3) is 4.41. The number of ketones is 1. The van der Waals surface area contributed by atoms with Crippen LogP contribution in [0.4, 0.5) is 0 Å². The van der Waals surface area contributed by atoms with Crippen molar-refractivity contribution >= 4 is 23.4 Å². The van der Waals surface area contributed by atoms with Crippen LogP contribution in [0.1, 0.15) is 52.8 Å². The number of amides is 1. The lowest BCUT2D eigenvalue weighted by Crippen LogP contribution is -3.12. The topological polar surface area (TPSA) is 117 Å². The lowest BCUT2D eigenvalue weighted by atomic mass is 9.95. The highest BCUT2D eigenvalue weighted by Gasteiger charge is 2.46. The number of carbonyl (C=O) groups is 3. The minimum atomic E-state index is -0.774.